The van der Waals surface area contributed by atoms with Gasteiger partial charge in [-0.15, -0.1) is 0 Å². The molecule has 138 valence electrons. The first-order valence-corrected chi connectivity index (χ1v) is 8.43. The number of anilines is 3. The van der Waals surface area contributed by atoms with Crippen LogP contribution in [0.4, 0.5) is 21.6 Å². The van der Waals surface area contributed by atoms with Gasteiger partial charge in [-0.05, 0) is 54.6 Å². The molecule has 7 nitrogen and oxygen atoms in total. The van der Waals surface area contributed by atoms with Gasteiger partial charge in [-0.2, -0.15) is 5.10 Å². The molecule has 2 heterocycles. The van der Waals surface area contributed by atoms with Crippen molar-refractivity contribution in [1.82, 2.24) is 19.7 Å². The van der Waals surface area contributed by atoms with E-state index >= 15 is 0 Å². The Morgan fingerprint density at radius 1 is 0.964 bits per heavy atom. The molecule has 4 aromatic rings. The van der Waals surface area contributed by atoms with E-state index in [1.165, 1.54) is 30.6 Å². The zero-order valence-electron chi connectivity index (χ0n) is 14.6. The first-order valence-electron chi connectivity index (χ1n) is 8.43. The fourth-order valence-corrected chi connectivity index (χ4v) is 2.53. The number of halogens is 1. The highest BCUT2D eigenvalue weighted by atomic mass is 19.1. The van der Waals surface area contributed by atoms with E-state index in [2.05, 4.69) is 25.7 Å². The molecule has 0 unspecified atom stereocenters. The molecule has 0 saturated heterocycles. The molecule has 28 heavy (non-hydrogen) atoms. The third-order valence-electron chi connectivity index (χ3n) is 3.91. The molecule has 4 rings (SSSR count). The third-order valence-corrected chi connectivity index (χ3v) is 3.91. The molecule has 0 radical (unpaired) electrons. The molecule has 0 bridgehead atoms. The van der Waals surface area contributed by atoms with Crippen LogP contribution in [-0.2, 0) is 0 Å². The number of aromatic nitrogens is 4. The van der Waals surface area contributed by atoms with Crippen LogP contribution in [0.15, 0.2) is 79.4 Å². The Balaban J connectivity index is 1.43. The smallest absolute Gasteiger partial charge is 0.255 e. The third kappa shape index (κ3) is 4.01. The van der Waals surface area contributed by atoms with Crippen molar-refractivity contribution in [2.24, 2.45) is 0 Å². The Kier molecular flexibility index (Phi) is 4.75. The molecule has 0 spiro atoms. The maximum Gasteiger partial charge on any atom is 0.255 e. The lowest BCUT2D eigenvalue weighted by Crippen LogP contribution is -2.11. The second-order valence-electron chi connectivity index (χ2n) is 5.88. The summed E-state index contributed by atoms with van der Waals surface area (Å²) in [7, 11) is 0. The number of rotatable bonds is 5. The van der Waals surface area contributed by atoms with Gasteiger partial charge in [0.05, 0.1) is 0 Å². The number of nitrogens with one attached hydrogen (secondary N) is 2. The standard InChI is InChI=1S/C20H15FN6O/c21-15-4-2-14(3-5-15)20(28)26-17-8-6-16(7-9-17)25-18-12-19(23-13-22-18)27-11-1-10-24-27/h1-13H,(H,26,28)(H,22,23,25). The number of carbonyl (C=O) groups is 1. The molecule has 0 fully saturated rings. The highest BCUT2D eigenvalue weighted by molar-refractivity contribution is 6.04. The second kappa shape index (κ2) is 7.67. The highest BCUT2D eigenvalue weighted by Gasteiger charge is 2.07. The van der Waals surface area contributed by atoms with Crippen molar-refractivity contribution in [1.29, 1.82) is 0 Å². The minimum absolute atomic E-state index is 0.305. The summed E-state index contributed by atoms with van der Waals surface area (Å²) in [6, 6.07) is 16.1. The Hall–Kier alpha value is -4.07. The Labute approximate surface area is 159 Å². The van der Waals surface area contributed by atoms with Gasteiger partial charge in [-0.1, -0.05) is 0 Å². The molecule has 8 heteroatoms. The Morgan fingerprint density at radius 2 is 1.71 bits per heavy atom. The molecule has 0 aliphatic heterocycles. The van der Waals surface area contributed by atoms with Crippen molar-refractivity contribution in [2.75, 3.05) is 10.6 Å². The quantitative estimate of drug-likeness (QED) is 0.555. The number of nitrogens with zero attached hydrogens (tertiary/aromatic N) is 4. The number of hydrogen-bond acceptors (Lipinski definition) is 5. The molecule has 1 amide bonds. The maximum atomic E-state index is 13.0. The molecule has 2 aromatic heterocycles. The predicted molar refractivity (Wildman–Crippen MR) is 103 cm³/mol. The van der Waals surface area contributed by atoms with E-state index in [-0.39, 0.29) is 11.7 Å². The molecule has 2 N–H and O–H groups in total. The van der Waals surface area contributed by atoms with E-state index < -0.39 is 0 Å². The van der Waals surface area contributed by atoms with E-state index in [1.807, 2.05) is 18.2 Å². The lowest BCUT2D eigenvalue weighted by atomic mass is 10.2. The van der Waals surface area contributed by atoms with Crippen molar-refractivity contribution < 1.29 is 9.18 Å². The predicted octanol–water partition coefficient (Wildman–Crippen LogP) is 3.80. The molecule has 0 saturated carbocycles. The molecular weight excluding hydrogens is 359 g/mol. The summed E-state index contributed by atoms with van der Waals surface area (Å²) >= 11 is 0. The molecule has 0 atom stereocenters. The van der Waals surface area contributed by atoms with E-state index in [1.54, 1.807) is 35.3 Å². The van der Waals surface area contributed by atoms with Gasteiger partial charge in [0.15, 0.2) is 5.82 Å². The molecular formula is C20H15FN6O. The van der Waals surface area contributed by atoms with Crippen LogP contribution in [0.3, 0.4) is 0 Å². The van der Waals surface area contributed by atoms with Gasteiger partial charge in [0, 0.05) is 35.4 Å². The van der Waals surface area contributed by atoms with Crippen LogP contribution in [0, 0.1) is 5.82 Å². The topological polar surface area (TPSA) is 84.7 Å². The van der Waals surface area contributed by atoms with Crippen LogP contribution in [0.1, 0.15) is 10.4 Å². The number of hydrogen-bond donors (Lipinski definition) is 2. The molecule has 0 aliphatic rings. The molecule has 0 aliphatic carbocycles. The largest absolute Gasteiger partial charge is 0.340 e. The van der Waals surface area contributed by atoms with Gasteiger partial charge in [0.2, 0.25) is 0 Å². The van der Waals surface area contributed by atoms with Crippen LogP contribution in [-0.4, -0.2) is 25.7 Å². The summed E-state index contributed by atoms with van der Waals surface area (Å²) in [6.07, 6.45) is 4.93. The van der Waals surface area contributed by atoms with Gasteiger partial charge >= 0.3 is 0 Å². The van der Waals surface area contributed by atoms with Crippen LogP contribution >= 0.6 is 0 Å². The Morgan fingerprint density at radius 3 is 2.43 bits per heavy atom. The van der Waals surface area contributed by atoms with Crippen molar-refractivity contribution in [3.05, 3.63) is 90.8 Å². The number of benzene rings is 2. The normalized spacial score (nSPS) is 10.5. The minimum atomic E-state index is -0.382. The van der Waals surface area contributed by atoms with E-state index in [4.69, 9.17) is 0 Å². The zero-order valence-corrected chi connectivity index (χ0v) is 14.6. The summed E-state index contributed by atoms with van der Waals surface area (Å²) in [5.41, 5.74) is 1.81. The first-order chi connectivity index (χ1) is 13.7. The van der Waals surface area contributed by atoms with Crippen molar-refractivity contribution in [3.63, 3.8) is 0 Å². The van der Waals surface area contributed by atoms with Crippen molar-refractivity contribution in [2.45, 2.75) is 0 Å². The lowest BCUT2D eigenvalue weighted by Gasteiger charge is -2.09. The van der Waals surface area contributed by atoms with Crippen molar-refractivity contribution >= 4 is 23.1 Å². The van der Waals surface area contributed by atoms with Crippen LogP contribution in [0.2, 0.25) is 0 Å². The minimum Gasteiger partial charge on any atom is -0.340 e. The van der Waals surface area contributed by atoms with Crippen LogP contribution in [0.25, 0.3) is 5.82 Å². The fourth-order valence-electron chi connectivity index (χ4n) is 2.53. The summed E-state index contributed by atoms with van der Waals surface area (Å²) in [4.78, 5) is 20.6. The van der Waals surface area contributed by atoms with E-state index in [9.17, 15) is 9.18 Å². The monoisotopic (exact) mass is 374 g/mol. The first kappa shape index (κ1) is 17.3. The van der Waals surface area contributed by atoms with Gasteiger partial charge in [0.1, 0.15) is 18.0 Å². The summed E-state index contributed by atoms with van der Waals surface area (Å²) < 4.78 is 14.6. The van der Waals surface area contributed by atoms with Crippen LogP contribution in [0.5, 0.6) is 0 Å². The van der Waals surface area contributed by atoms with Crippen LogP contribution < -0.4 is 10.6 Å². The lowest BCUT2D eigenvalue weighted by molar-refractivity contribution is 0.102. The maximum absolute atomic E-state index is 13.0. The number of carbonyl (C=O) groups excluding carboxylic acids is 1. The summed E-state index contributed by atoms with van der Waals surface area (Å²) in [5, 5.41) is 10.1. The molecule has 2 aromatic carbocycles. The Bertz CT molecular complexity index is 1080. The second-order valence-corrected chi connectivity index (χ2v) is 5.88. The van der Waals surface area contributed by atoms with Gasteiger partial charge in [0.25, 0.3) is 5.91 Å². The van der Waals surface area contributed by atoms with Gasteiger partial charge in [-0.3, -0.25) is 4.79 Å². The highest BCUT2D eigenvalue weighted by Crippen LogP contribution is 2.19. The van der Waals surface area contributed by atoms with E-state index in [0.29, 0.717) is 22.9 Å². The van der Waals surface area contributed by atoms with Crippen molar-refractivity contribution in [3.8, 4) is 5.82 Å². The zero-order chi connectivity index (χ0) is 19.3. The fraction of sp³-hybridized carbons (Fsp3) is 0. The average molecular weight is 374 g/mol. The van der Waals surface area contributed by atoms with Gasteiger partial charge in [-0.25, -0.2) is 19.0 Å². The summed E-state index contributed by atoms with van der Waals surface area (Å²) in [5.74, 6) is 0.571. The van der Waals surface area contributed by atoms with Gasteiger partial charge < -0.3 is 10.6 Å². The summed E-state index contributed by atoms with van der Waals surface area (Å²) in [6.45, 7) is 0. The SMILES string of the molecule is O=C(Nc1ccc(Nc2cc(-n3cccn3)ncn2)cc1)c1ccc(F)cc1. The number of amides is 1. The van der Waals surface area contributed by atoms with E-state index in [0.717, 1.165) is 5.69 Å². The average Bonchev–Trinajstić information content (AvgIpc) is 3.25.